The number of halogens is 1. The van der Waals surface area contributed by atoms with E-state index in [0.29, 0.717) is 6.61 Å². The highest BCUT2D eigenvalue weighted by atomic mass is 79.9. The van der Waals surface area contributed by atoms with Crippen LogP contribution in [-0.4, -0.2) is 32.4 Å². The van der Waals surface area contributed by atoms with Gasteiger partial charge in [-0.3, -0.25) is 0 Å². The minimum atomic E-state index is 0.160. The molecule has 17 heavy (non-hydrogen) atoms. The number of morpholine rings is 1. The summed E-state index contributed by atoms with van der Waals surface area (Å²) in [6.45, 7) is 7.33. The lowest BCUT2D eigenvalue weighted by molar-refractivity contribution is 0.000171. The van der Waals surface area contributed by atoms with Gasteiger partial charge in [0.1, 0.15) is 18.5 Å². The molecule has 1 saturated heterocycles. The van der Waals surface area contributed by atoms with Crippen molar-refractivity contribution >= 4 is 15.9 Å². The Morgan fingerprint density at radius 1 is 1.41 bits per heavy atom. The molecule has 1 N–H and O–H groups in total. The van der Waals surface area contributed by atoms with Crippen molar-refractivity contribution < 1.29 is 9.47 Å². The monoisotopic (exact) mass is 299 g/mol. The van der Waals surface area contributed by atoms with Crippen LogP contribution in [0.3, 0.4) is 0 Å². The largest absolute Gasteiger partial charge is 0.491 e. The SMILES string of the molecule is Cc1cc(OCC2CNCCO2)cc(C)c1Br. The van der Waals surface area contributed by atoms with Crippen molar-refractivity contribution in [3.8, 4) is 5.75 Å². The van der Waals surface area contributed by atoms with Gasteiger partial charge in [-0.1, -0.05) is 15.9 Å². The fraction of sp³-hybridized carbons (Fsp3) is 0.538. The molecule has 0 aromatic heterocycles. The third kappa shape index (κ3) is 3.44. The fourth-order valence-corrected chi connectivity index (χ4v) is 2.13. The molecule has 4 heteroatoms. The van der Waals surface area contributed by atoms with Crippen LogP contribution in [0.1, 0.15) is 11.1 Å². The lowest BCUT2D eigenvalue weighted by atomic mass is 10.1. The number of nitrogens with one attached hydrogen (secondary N) is 1. The van der Waals surface area contributed by atoms with Crippen LogP contribution in [0.25, 0.3) is 0 Å². The van der Waals surface area contributed by atoms with Crippen LogP contribution >= 0.6 is 15.9 Å². The number of aryl methyl sites for hydroxylation is 2. The van der Waals surface area contributed by atoms with Gasteiger partial charge < -0.3 is 14.8 Å². The lowest BCUT2D eigenvalue weighted by Crippen LogP contribution is -2.41. The molecular formula is C13H18BrNO2. The molecule has 0 spiro atoms. The molecule has 0 saturated carbocycles. The Kier molecular flexibility index (Phi) is 4.42. The van der Waals surface area contributed by atoms with Crippen molar-refractivity contribution in [3.63, 3.8) is 0 Å². The van der Waals surface area contributed by atoms with E-state index in [9.17, 15) is 0 Å². The molecule has 1 aromatic rings. The van der Waals surface area contributed by atoms with Crippen LogP contribution in [0.15, 0.2) is 16.6 Å². The Labute approximate surface area is 111 Å². The normalized spacial score (nSPS) is 20.3. The predicted molar refractivity (Wildman–Crippen MR) is 71.7 cm³/mol. The van der Waals surface area contributed by atoms with Crippen LogP contribution in [0.2, 0.25) is 0 Å². The van der Waals surface area contributed by atoms with Crippen molar-refractivity contribution in [2.45, 2.75) is 20.0 Å². The van der Waals surface area contributed by atoms with Gasteiger partial charge in [-0.15, -0.1) is 0 Å². The van der Waals surface area contributed by atoms with Crippen LogP contribution in [0.4, 0.5) is 0 Å². The van der Waals surface area contributed by atoms with Crippen molar-refractivity contribution in [1.29, 1.82) is 0 Å². The Morgan fingerprint density at radius 3 is 2.71 bits per heavy atom. The summed E-state index contributed by atoms with van der Waals surface area (Å²) < 4.78 is 12.5. The third-order valence-corrected chi connectivity index (χ3v) is 4.10. The van der Waals surface area contributed by atoms with Gasteiger partial charge in [0.25, 0.3) is 0 Å². The average Bonchev–Trinajstić information content (AvgIpc) is 2.34. The first-order valence-corrected chi connectivity index (χ1v) is 6.68. The number of benzene rings is 1. The molecule has 94 valence electrons. The Hall–Kier alpha value is -0.580. The van der Waals surface area contributed by atoms with Gasteiger partial charge in [-0.25, -0.2) is 0 Å². The zero-order valence-electron chi connectivity index (χ0n) is 10.3. The van der Waals surface area contributed by atoms with Crippen molar-refractivity contribution in [3.05, 3.63) is 27.7 Å². The minimum absolute atomic E-state index is 0.160. The number of rotatable bonds is 3. The van der Waals surface area contributed by atoms with Gasteiger partial charge in [0.05, 0.1) is 6.61 Å². The number of hydrogen-bond donors (Lipinski definition) is 1. The Morgan fingerprint density at radius 2 is 2.12 bits per heavy atom. The second kappa shape index (κ2) is 5.85. The summed E-state index contributed by atoms with van der Waals surface area (Å²) in [6.07, 6.45) is 0.160. The molecule has 3 nitrogen and oxygen atoms in total. The van der Waals surface area contributed by atoms with E-state index in [1.807, 2.05) is 12.1 Å². The smallest absolute Gasteiger partial charge is 0.120 e. The summed E-state index contributed by atoms with van der Waals surface area (Å²) in [6, 6.07) is 4.10. The number of ether oxygens (including phenoxy) is 2. The van der Waals surface area contributed by atoms with Gasteiger partial charge in [0.2, 0.25) is 0 Å². The molecule has 1 heterocycles. The number of hydrogen-bond acceptors (Lipinski definition) is 3. The van der Waals surface area contributed by atoms with E-state index >= 15 is 0 Å². The van der Waals surface area contributed by atoms with Gasteiger partial charge >= 0.3 is 0 Å². The minimum Gasteiger partial charge on any atom is -0.491 e. The maximum Gasteiger partial charge on any atom is 0.120 e. The summed E-state index contributed by atoms with van der Waals surface area (Å²) in [7, 11) is 0. The summed E-state index contributed by atoms with van der Waals surface area (Å²) in [5.74, 6) is 0.914. The zero-order valence-corrected chi connectivity index (χ0v) is 11.8. The maximum absolute atomic E-state index is 5.78. The van der Waals surface area contributed by atoms with Gasteiger partial charge in [-0.05, 0) is 37.1 Å². The summed E-state index contributed by atoms with van der Waals surface area (Å²) in [5.41, 5.74) is 2.39. The molecule has 1 aliphatic rings. The van der Waals surface area contributed by atoms with E-state index in [1.54, 1.807) is 0 Å². The average molecular weight is 300 g/mol. The van der Waals surface area contributed by atoms with Crippen LogP contribution in [-0.2, 0) is 4.74 Å². The molecule has 2 rings (SSSR count). The molecule has 1 unspecified atom stereocenters. The standard InChI is InChI=1S/C13H18BrNO2/c1-9-5-11(6-10(2)13(9)14)17-8-12-7-15-3-4-16-12/h5-6,12,15H,3-4,7-8H2,1-2H3. The zero-order chi connectivity index (χ0) is 12.3. The van der Waals surface area contributed by atoms with E-state index in [-0.39, 0.29) is 6.10 Å². The fourth-order valence-electron chi connectivity index (χ4n) is 1.91. The molecule has 0 bridgehead atoms. The van der Waals surface area contributed by atoms with E-state index in [2.05, 4.69) is 35.1 Å². The van der Waals surface area contributed by atoms with Gasteiger partial charge in [0, 0.05) is 17.6 Å². The second-order valence-electron chi connectivity index (χ2n) is 4.38. The highest BCUT2D eigenvalue weighted by molar-refractivity contribution is 9.10. The van der Waals surface area contributed by atoms with Gasteiger partial charge in [0.15, 0.2) is 0 Å². The third-order valence-electron chi connectivity index (χ3n) is 2.85. The second-order valence-corrected chi connectivity index (χ2v) is 5.17. The summed E-state index contributed by atoms with van der Waals surface area (Å²) in [4.78, 5) is 0. The Bertz CT molecular complexity index is 366. The summed E-state index contributed by atoms with van der Waals surface area (Å²) in [5, 5.41) is 3.29. The van der Waals surface area contributed by atoms with Crippen molar-refractivity contribution in [2.75, 3.05) is 26.3 Å². The van der Waals surface area contributed by atoms with E-state index in [0.717, 1.165) is 29.9 Å². The van der Waals surface area contributed by atoms with E-state index in [4.69, 9.17) is 9.47 Å². The Balaban J connectivity index is 1.94. The predicted octanol–water partition coefficient (Wildman–Crippen LogP) is 2.43. The summed E-state index contributed by atoms with van der Waals surface area (Å²) >= 11 is 3.55. The van der Waals surface area contributed by atoms with Crippen molar-refractivity contribution in [1.82, 2.24) is 5.32 Å². The lowest BCUT2D eigenvalue weighted by Gasteiger charge is -2.23. The highest BCUT2D eigenvalue weighted by Crippen LogP contribution is 2.26. The van der Waals surface area contributed by atoms with Crippen LogP contribution in [0, 0.1) is 13.8 Å². The molecule has 1 aliphatic heterocycles. The molecule has 0 amide bonds. The molecule has 1 aromatic carbocycles. The van der Waals surface area contributed by atoms with Gasteiger partial charge in [-0.2, -0.15) is 0 Å². The molecular weight excluding hydrogens is 282 g/mol. The highest BCUT2D eigenvalue weighted by Gasteiger charge is 2.14. The molecule has 1 atom stereocenters. The quantitative estimate of drug-likeness (QED) is 0.930. The van der Waals surface area contributed by atoms with E-state index in [1.165, 1.54) is 11.1 Å². The molecule has 1 fully saturated rings. The van der Waals surface area contributed by atoms with Crippen molar-refractivity contribution in [2.24, 2.45) is 0 Å². The van der Waals surface area contributed by atoms with Crippen LogP contribution in [0.5, 0.6) is 5.75 Å². The van der Waals surface area contributed by atoms with Crippen LogP contribution < -0.4 is 10.1 Å². The first-order valence-electron chi connectivity index (χ1n) is 5.88. The maximum atomic E-state index is 5.78. The topological polar surface area (TPSA) is 30.5 Å². The first kappa shape index (κ1) is 12.9. The molecule has 0 aliphatic carbocycles. The van der Waals surface area contributed by atoms with E-state index < -0.39 is 0 Å². The first-order chi connectivity index (χ1) is 8.16. The molecule has 0 radical (unpaired) electrons.